The number of hydrogen-bond acceptors (Lipinski definition) is 4. The van der Waals surface area contributed by atoms with Gasteiger partial charge in [-0.25, -0.2) is 4.79 Å². The minimum atomic E-state index is -0.480. The van der Waals surface area contributed by atoms with Crippen molar-refractivity contribution >= 4 is 6.09 Å². The van der Waals surface area contributed by atoms with Crippen LogP contribution in [-0.2, 0) is 4.74 Å². The molecule has 0 aromatic heterocycles. The van der Waals surface area contributed by atoms with E-state index in [0.717, 1.165) is 19.4 Å². The van der Waals surface area contributed by atoms with Crippen molar-refractivity contribution in [2.75, 3.05) is 6.54 Å². The van der Waals surface area contributed by atoms with Crippen LogP contribution < -0.4 is 5.32 Å². The number of hydrogen-bond donors (Lipinski definition) is 2. The lowest BCUT2D eigenvalue weighted by Crippen LogP contribution is -2.69. The average Bonchev–Trinajstić information content (AvgIpc) is 3.14. The number of carbonyl (C=O) groups is 1. The highest BCUT2D eigenvalue weighted by Crippen LogP contribution is 2.53. The Kier molecular flexibility index (Phi) is 3.49. The Morgan fingerprint density at radius 2 is 2.05 bits per heavy atom. The van der Waals surface area contributed by atoms with Gasteiger partial charge in [-0.3, -0.25) is 4.90 Å². The van der Waals surface area contributed by atoms with Crippen LogP contribution in [0.1, 0.15) is 53.4 Å². The Labute approximate surface area is 127 Å². The summed E-state index contributed by atoms with van der Waals surface area (Å²) in [6.45, 7) is 8.30. The quantitative estimate of drug-likeness (QED) is 0.817. The first-order chi connectivity index (χ1) is 9.74. The number of aliphatic hydroxyl groups excluding tert-OH is 1. The van der Waals surface area contributed by atoms with Crippen molar-refractivity contribution in [3.05, 3.63) is 0 Å². The van der Waals surface area contributed by atoms with E-state index >= 15 is 0 Å². The summed E-state index contributed by atoms with van der Waals surface area (Å²) in [4.78, 5) is 14.8. The molecule has 3 rings (SSSR count). The molecular weight excluding hydrogens is 268 g/mol. The van der Waals surface area contributed by atoms with Gasteiger partial charge in [0.05, 0.1) is 23.7 Å². The first kappa shape index (κ1) is 15.1. The van der Waals surface area contributed by atoms with Gasteiger partial charge in [0.25, 0.3) is 0 Å². The summed E-state index contributed by atoms with van der Waals surface area (Å²) in [7, 11) is 0. The van der Waals surface area contributed by atoms with Crippen LogP contribution in [-0.4, -0.2) is 52.0 Å². The fourth-order valence-corrected chi connectivity index (χ4v) is 4.21. The summed E-state index contributed by atoms with van der Waals surface area (Å²) in [5.41, 5.74) is -0.565. The Bertz CT molecular complexity index is 428. The lowest BCUT2D eigenvalue weighted by atomic mass is 9.89. The molecule has 0 aromatic carbocycles. The minimum Gasteiger partial charge on any atom is -0.444 e. The Morgan fingerprint density at radius 3 is 2.57 bits per heavy atom. The third-order valence-corrected chi connectivity index (χ3v) is 5.19. The molecule has 21 heavy (non-hydrogen) atoms. The Balaban J connectivity index is 1.88. The van der Waals surface area contributed by atoms with Gasteiger partial charge in [-0.2, -0.15) is 0 Å². The van der Waals surface area contributed by atoms with Gasteiger partial charge in [0.1, 0.15) is 5.60 Å². The highest BCUT2D eigenvalue weighted by molar-refractivity contribution is 5.71. The van der Waals surface area contributed by atoms with Crippen molar-refractivity contribution in [2.24, 2.45) is 5.92 Å². The first-order valence-corrected chi connectivity index (χ1v) is 8.18. The van der Waals surface area contributed by atoms with Crippen LogP contribution in [0.5, 0.6) is 0 Å². The van der Waals surface area contributed by atoms with Gasteiger partial charge in [-0.1, -0.05) is 0 Å². The Hall–Kier alpha value is -0.810. The number of nitrogens with one attached hydrogen (secondary N) is 1. The predicted molar refractivity (Wildman–Crippen MR) is 80.0 cm³/mol. The number of aliphatic hydroxyl groups is 1. The van der Waals surface area contributed by atoms with E-state index in [-0.39, 0.29) is 23.7 Å². The molecule has 120 valence electrons. The molecule has 0 radical (unpaired) electrons. The number of carbonyl (C=O) groups excluding carboxylic acids is 1. The summed E-state index contributed by atoms with van der Waals surface area (Å²) in [6.07, 6.45) is 3.72. The number of piperazine rings is 1. The van der Waals surface area contributed by atoms with Crippen LogP contribution >= 0.6 is 0 Å². The van der Waals surface area contributed by atoms with E-state index in [1.54, 1.807) is 6.92 Å². The molecule has 0 unspecified atom stereocenters. The van der Waals surface area contributed by atoms with Crippen molar-refractivity contribution in [3.63, 3.8) is 0 Å². The molecule has 1 amide bonds. The monoisotopic (exact) mass is 296 g/mol. The molecule has 5 heteroatoms. The van der Waals surface area contributed by atoms with E-state index in [9.17, 15) is 9.90 Å². The SMILES string of the molecule is C[C@H](O)[C@H]1NC[C@@]2(C3CC3)CC[C@@H]1N2C(=O)OC(C)(C)C. The van der Waals surface area contributed by atoms with Crippen LogP contribution in [0.3, 0.4) is 0 Å². The zero-order valence-corrected chi connectivity index (χ0v) is 13.6. The lowest BCUT2D eigenvalue weighted by Gasteiger charge is -2.49. The number of rotatable bonds is 2. The lowest BCUT2D eigenvalue weighted by molar-refractivity contribution is -0.0368. The van der Waals surface area contributed by atoms with Crippen LogP contribution in [0.15, 0.2) is 0 Å². The highest BCUT2D eigenvalue weighted by Gasteiger charge is 2.61. The van der Waals surface area contributed by atoms with Gasteiger partial charge < -0.3 is 15.2 Å². The molecule has 1 saturated carbocycles. The molecule has 0 spiro atoms. The standard InChI is InChI=1S/C16H28N2O3/c1-10(19)13-12-7-8-16(9-17-13,11-5-6-11)18(12)14(20)21-15(2,3)4/h10-13,17,19H,5-9H2,1-4H3/t10-,12-,13+,16+/m0/s1. The van der Waals surface area contributed by atoms with E-state index in [1.165, 1.54) is 12.8 Å². The summed E-state index contributed by atoms with van der Waals surface area (Å²) in [5.74, 6) is 0.595. The molecule has 4 atom stereocenters. The van der Waals surface area contributed by atoms with Crippen molar-refractivity contribution in [2.45, 2.75) is 82.7 Å². The summed E-state index contributed by atoms with van der Waals surface area (Å²) in [6, 6.07) is 0.00101. The largest absolute Gasteiger partial charge is 0.444 e. The Morgan fingerprint density at radius 1 is 1.38 bits per heavy atom. The van der Waals surface area contributed by atoms with Crippen molar-refractivity contribution in [1.29, 1.82) is 0 Å². The van der Waals surface area contributed by atoms with Gasteiger partial charge in [0, 0.05) is 6.54 Å². The van der Waals surface area contributed by atoms with E-state index in [0.29, 0.717) is 5.92 Å². The zero-order chi connectivity index (χ0) is 15.4. The third-order valence-electron chi connectivity index (χ3n) is 5.19. The topological polar surface area (TPSA) is 61.8 Å². The minimum absolute atomic E-state index is 0.0492. The second-order valence-corrected chi connectivity index (χ2v) is 7.98. The smallest absolute Gasteiger partial charge is 0.411 e. The van der Waals surface area contributed by atoms with Crippen LogP contribution in [0.4, 0.5) is 4.79 Å². The molecule has 0 aromatic rings. The molecule has 3 fully saturated rings. The van der Waals surface area contributed by atoms with E-state index in [1.807, 2.05) is 25.7 Å². The van der Waals surface area contributed by atoms with Gasteiger partial charge in [0.2, 0.25) is 0 Å². The van der Waals surface area contributed by atoms with Gasteiger partial charge in [0.15, 0.2) is 0 Å². The van der Waals surface area contributed by atoms with Crippen LogP contribution in [0.25, 0.3) is 0 Å². The maximum Gasteiger partial charge on any atom is 0.411 e. The van der Waals surface area contributed by atoms with Crippen LogP contribution in [0, 0.1) is 5.92 Å². The van der Waals surface area contributed by atoms with E-state index in [4.69, 9.17) is 4.74 Å². The molecule has 2 saturated heterocycles. The van der Waals surface area contributed by atoms with E-state index < -0.39 is 11.7 Å². The number of nitrogens with zero attached hydrogens (tertiary/aromatic N) is 1. The molecule has 5 nitrogen and oxygen atoms in total. The molecule has 2 aliphatic heterocycles. The van der Waals surface area contributed by atoms with Crippen molar-refractivity contribution < 1.29 is 14.6 Å². The van der Waals surface area contributed by atoms with Gasteiger partial charge in [-0.05, 0) is 59.3 Å². The zero-order valence-electron chi connectivity index (χ0n) is 13.6. The second kappa shape index (κ2) is 4.85. The highest BCUT2D eigenvalue weighted by atomic mass is 16.6. The second-order valence-electron chi connectivity index (χ2n) is 7.98. The normalized spacial score (nSPS) is 37.5. The van der Waals surface area contributed by atoms with E-state index in [2.05, 4.69) is 5.32 Å². The first-order valence-electron chi connectivity index (χ1n) is 8.18. The number of fused-ring (bicyclic) bond motifs is 2. The number of amides is 1. The summed E-state index contributed by atoms with van der Waals surface area (Å²) in [5, 5.41) is 13.5. The van der Waals surface area contributed by atoms with Gasteiger partial charge >= 0.3 is 6.09 Å². The third kappa shape index (κ3) is 2.55. The van der Waals surface area contributed by atoms with Crippen LogP contribution in [0.2, 0.25) is 0 Å². The molecule has 3 aliphatic rings. The fourth-order valence-electron chi connectivity index (χ4n) is 4.21. The molecular formula is C16H28N2O3. The summed E-state index contributed by atoms with van der Waals surface area (Å²) >= 11 is 0. The maximum absolute atomic E-state index is 12.8. The molecule has 2 bridgehead atoms. The summed E-state index contributed by atoms with van der Waals surface area (Å²) < 4.78 is 5.67. The molecule has 2 N–H and O–H groups in total. The van der Waals surface area contributed by atoms with Crippen molar-refractivity contribution in [3.8, 4) is 0 Å². The molecule has 1 aliphatic carbocycles. The number of ether oxygens (including phenoxy) is 1. The maximum atomic E-state index is 12.8. The fraction of sp³-hybridized carbons (Fsp3) is 0.938. The average molecular weight is 296 g/mol. The molecule has 2 heterocycles. The van der Waals surface area contributed by atoms with Gasteiger partial charge in [-0.15, -0.1) is 0 Å². The predicted octanol–water partition coefficient (Wildman–Crippen LogP) is 1.89. The van der Waals surface area contributed by atoms with Crippen molar-refractivity contribution in [1.82, 2.24) is 10.2 Å².